The van der Waals surface area contributed by atoms with E-state index >= 15 is 0 Å². The van der Waals surface area contributed by atoms with Gasteiger partial charge in [0.25, 0.3) is 12.3 Å². The van der Waals surface area contributed by atoms with E-state index in [-0.39, 0.29) is 10.2 Å². The maximum Gasteiger partial charge on any atom is 0.264 e. The van der Waals surface area contributed by atoms with Crippen LogP contribution in [-0.2, 0) is 0 Å². The first-order valence-corrected chi connectivity index (χ1v) is 4.05. The molecule has 1 amide bonds. The average Bonchev–Trinajstić information content (AvgIpc) is 2.03. The minimum atomic E-state index is -2.73. The highest BCUT2D eigenvalue weighted by atomic mass is 79.9. The van der Waals surface area contributed by atoms with Gasteiger partial charge >= 0.3 is 0 Å². The fraction of sp³-hybridized carbons (Fsp3) is 0.143. The van der Waals surface area contributed by atoms with Crippen LogP contribution in [0.3, 0.4) is 0 Å². The van der Waals surface area contributed by atoms with Gasteiger partial charge in [-0.1, -0.05) is 0 Å². The largest absolute Gasteiger partial charge is 0.366 e. The summed E-state index contributed by atoms with van der Waals surface area (Å²) in [7, 11) is 0. The number of hydrogen-bond donors (Lipinski definition) is 1. The summed E-state index contributed by atoms with van der Waals surface area (Å²) in [5.41, 5.74) is 4.22. The van der Waals surface area contributed by atoms with Crippen LogP contribution in [0.2, 0.25) is 0 Å². The van der Waals surface area contributed by atoms with Gasteiger partial charge in [0.2, 0.25) is 0 Å². The summed E-state index contributed by atoms with van der Waals surface area (Å²) >= 11 is 2.92. The molecule has 0 aliphatic carbocycles. The smallest absolute Gasteiger partial charge is 0.264 e. The molecule has 0 atom stereocenters. The third-order valence-electron chi connectivity index (χ3n) is 1.40. The number of rotatable bonds is 2. The minimum absolute atomic E-state index is 0.243. The van der Waals surface area contributed by atoms with Crippen molar-refractivity contribution in [2.75, 3.05) is 0 Å². The van der Waals surface area contributed by atoms with Gasteiger partial charge in [-0.3, -0.25) is 4.79 Å². The van der Waals surface area contributed by atoms with Gasteiger partial charge in [0.15, 0.2) is 0 Å². The molecule has 0 aliphatic rings. The maximum atomic E-state index is 12.3. The van der Waals surface area contributed by atoms with Gasteiger partial charge in [0, 0.05) is 11.8 Å². The van der Waals surface area contributed by atoms with E-state index in [1.54, 1.807) is 0 Å². The van der Waals surface area contributed by atoms with Crippen LogP contribution in [0.4, 0.5) is 8.78 Å². The number of hydrogen-bond acceptors (Lipinski definition) is 2. The molecule has 1 aromatic rings. The lowest BCUT2D eigenvalue weighted by Crippen LogP contribution is -2.14. The second-order valence-corrected chi connectivity index (χ2v) is 3.07. The van der Waals surface area contributed by atoms with E-state index < -0.39 is 17.9 Å². The molecule has 0 fully saturated rings. The summed E-state index contributed by atoms with van der Waals surface area (Å²) in [6.45, 7) is 0. The molecule has 6 heteroatoms. The Morgan fingerprint density at radius 1 is 1.62 bits per heavy atom. The third-order valence-corrected chi connectivity index (χ3v) is 1.84. The number of primary amides is 1. The molecule has 0 saturated carbocycles. The molecule has 3 nitrogen and oxygen atoms in total. The number of carbonyl (C=O) groups excluding carboxylic acids is 1. The van der Waals surface area contributed by atoms with Crippen molar-refractivity contribution in [1.82, 2.24) is 4.98 Å². The normalized spacial score (nSPS) is 10.5. The van der Waals surface area contributed by atoms with Crippen LogP contribution in [-0.4, -0.2) is 10.9 Å². The highest BCUT2D eigenvalue weighted by molar-refractivity contribution is 9.10. The molecule has 0 saturated heterocycles. The molecular weight excluding hydrogens is 246 g/mol. The second kappa shape index (κ2) is 3.78. The molecule has 1 heterocycles. The molecule has 0 aromatic carbocycles. The number of halogens is 3. The Balaban J connectivity index is 3.26. The summed E-state index contributed by atoms with van der Waals surface area (Å²) in [5, 5.41) is 0. The number of nitrogens with zero attached hydrogens (tertiary/aromatic N) is 1. The van der Waals surface area contributed by atoms with Crippen molar-refractivity contribution >= 4 is 21.8 Å². The van der Waals surface area contributed by atoms with Gasteiger partial charge in [-0.2, -0.15) is 0 Å². The molecule has 0 aliphatic heterocycles. The lowest BCUT2D eigenvalue weighted by Gasteiger charge is -2.04. The maximum absolute atomic E-state index is 12.3. The zero-order valence-corrected chi connectivity index (χ0v) is 7.88. The van der Waals surface area contributed by atoms with Gasteiger partial charge in [0.1, 0.15) is 4.60 Å². The average molecular weight is 251 g/mol. The summed E-state index contributed by atoms with van der Waals surface area (Å²) in [6.07, 6.45) is -1.71. The minimum Gasteiger partial charge on any atom is -0.366 e. The molecule has 0 unspecified atom stereocenters. The lowest BCUT2D eigenvalue weighted by molar-refractivity contribution is 0.0985. The molecule has 0 spiro atoms. The quantitative estimate of drug-likeness (QED) is 0.816. The van der Waals surface area contributed by atoms with E-state index in [1.165, 1.54) is 0 Å². The van der Waals surface area contributed by atoms with E-state index in [2.05, 4.69) is 20.9 Å². The molecule has 1 aromatic heterocycles. The molecule has 70 valence electrons. The van der Waals surface area contributed by atoms with Crippen LogP contribution in [0.5, 0.6) is 0 Å². The summed E-state index contributed by atoms with van der Waals surface area (Å²) < 4.78 is 24.9. The van der Waals surface area contributed by atoms with Crippen molar-refractivity contribution in [2.24, 2.45) is 5.73 Å². The summed E-state index contributed by atoms with van der Waals surface area (Å²) in [5.74, 6) is -0.907. The van der Waals surface area contributed by atoms with Crippen molar-refractivity contribution in [2.45, 2.75) is 6.43 Å². The standard InChI is InChI=1S/C7H5BrF2N2O/c8-5-1-3(6(9)10)4(2-12-5)7(11)13/h1-2,6H,(H2,11,13). The zero-order chi connectivity index (χ0) is 10.0. The number of amides is 1. The van der Waals surface area contributed by atoms with Gasteiger partial charge in [-0.15, -0.1) is 0 Å². The highest BCUT2D eigenvalue weighted by Crippen LogP contribution is 2.24. The first-order valence-electron chi connectivity index (χ1n) is 3.25. The molecule has 1 rings (SSSR count). The van der Waals surface area contributed by atoms with Crippen LogP contribution in [0.1, 0.15) is 22.3 Å². The fourth-order valence-electron chi connectivity index (χ4n) is 0.831. The Labute approximate surface area is 81.1 Å². The van der Waals surface area contributed by atoms with Crippen LogP contribution in [0.25, 0.3) is 0 Å². The predicted octanol–water partition coefficient (Wildman–Crippen LogP) is 1.88. The molecule has 13 heavy (non-hydrogen) atoms. The monoisotopic (exact) mass is 250 g/mol. The van der Waals surface area contributed by atoms with Gasteiger partial charge in [0.05, 0.1) is 5.56 Å². The van der Waals surface area contributed by atoms with E-state index in [1.807, 2.05) is 0 Å². The zero-order valence-electron chi connectivity index (χ0n) is 6.30. The third kappa shape index (κ3) is 2.21. The Hall–Kier alpha value is -1.04. The lowest BCUT2D eigenvalue weighted by atomic mass is 10.1. The van der Waals surface area contributed by atoms with Crippen LogP contribution in [0, 0.1) is 0 Å². The number of aromatic nitrogens is 1. The molecule has 0 radical (unpaired) electrons. The topological polar surface area (TPSA) is 56.0 Å². The van der Waals surface area contributed by atoms with Crippen LogP contribution in [0.15, 0.2) is 16.9 Å². The molecular formula is C7H5BrF2N2O. The van der Waals surface area contributed by atoms with Crippen molar-refractivity contribution in [1.29, 1.82) is 0 Å². The number of pyridine rings is 1. The van der Waals surface area contributed by atoms with E-state index in [0.29, 0.717) is 0 Å². The van der Waals surface area contributed by atoms with E-state index in [4.69, 9.17) is 5.73 Å². The SMILES string of the molecule is NC(=O)c1cnc(Br)cc1C(F)F. The van der Waals surface area contributed by atoms with Crippen LogP contribution >= 0.6 is 15.9 Å². The summed E-state index contributed by atoms with van der Waals surface area (Å²) in [4.78, 5) is 14.3. The Kier molecular flexibility index (Phi) is 2.92. The van der Waals surface area contributed by atoms with Gasteiger partial charge in [-0.05, 0) is 22.0 Å². The molecule has 2 N–H and O–H groups in total. The van der Waals surface area contributed by atoms with Gasteiger partial charge < -0.3 is 5.73 Å². The van der Waals surface area contributed by atoms with Crippen molar-refractivity contribution in [3.8, 4) is 0 Å². The number of carbonyl (C=O) groups is 1. The van der Waals surface area contributed by atoms with Crippen molar-refractivity contribution in [3.05, 3.63) is 28.0 Å². The second-order valence-electron chi connectivity index (χ2n) is 2.26. The van der Waals surface area contributed by atoms with Crippen molar-refractivity contribution in [3.63, 3.8) is 0 Å². The predicted molar refractivity (Wildman–Crippen MR) is 45.4 cm³/mol. The van der Waals surface area contributed by atoms with E-state index in [0.717, 1.165) is 12.3 Å². The Morgan fingerprint density at radius 2 is 2.23 bits per heavy atom. The number of alkyl halides is 2. The van der Waals surface area contributed by atoms with E-state index in [9.17, 15) is 13.6 Å². The van der Waals surface area contributed by atoms with Crippen LogP contribution < -0.4 is 5.73 Å². The Bertz CT molecular complexity index is 343. The van der Waals surface area contributed by atoms with Crippen molar-refractivity contribution < 1.29 is 13.6 Å². The first-order chi connectivity index (χ1) is 6.02. The van der Waals surface area contributed by atoms with Gasteiger partial charge in [-0.25, -0.2) is 13.8 Å². The highest BCUT2D eigenvalue weighted by Gasteiger charge is 2.17. The molecule has 0 bridgehead atoms. The Morgan fingerprint density at radius 3 is 2.69 bits per heavy atom. The number of nitrogens with two attached hydrogens (primary N) is 1. The first kappa shape index (κ1) is 10.0. The summed E-state index contributed by atoms with van der Waals surface area (Å²) in [6, 6.07) is 1.07. The fourth-order valence-corrected chi connectivity index (χ4v) is 1.18.